The third-order valence-corrected chi connectivity index (χ3v) is 6.19. The fourth-order valence-electron chi connectivity index (χ4n) is 4.25. The monoisotopic (exact) mass is 643 g/mol. The first-order valence-electron chi connectivity index (χ1n) is 13.9. The molecule has 1 fully saturated rings. The first-order chi connectivity index (χ1) is 20.9. The summed E-state index contributed by atoms with van der Waals surface area (Å²) in [5.41, 5.74) is -1.31. The van der Waals surface area contributed by atoms with Gasteiger partial charge in [-0.05, 0) is 70.8 Å². The molecule has 1 aromatic carbocycles. The predicted molar refractivity (Wildman–Crippen MR) is 161 cm³/mol. The smallest absolute Gasteiger partial charge is 0.425 e. The van der Waals surface area contributed by atoms with Crippen molar-refractivity contribution in [2.75, 3.05) is 11.5 Å². The van der Waals surface area contributed by atoms with Crippen LogP contribution in [0.1, 0.15) is 65.1 Å². The van der Waals surface area contributed by atoms with E-state index in [1.165, 1.54) is 17.8 Å². The summed E-state index contributed by atoms with van der Waals surface area (Å²) in [6, 6.07) is 8.37. The Morgan fingerprint density at radius 1 is 1.00 bits per heavy atom. The zero-order valence-corrected chi connectivity index (χ0v) is 26.7. The highest BCUT2D eigenvalue weighted by Crippen LogP contribution is 2.38. The fraction of sp³-hybridized carbons (Fsp3) is 0.433. The van der Waals surface area contributed by atoms with Gasteiger partial charge in [-0.1, -0.05) is 24.8 Å². The predicted octanol–water partition coefficient (Wildman–Crippen LogP) is 5.40. The quantitative estimate of drug-likeness (QED) is 0.146. The Kier molecular flexibility index (Phi) is 9.49. The van der Waals surface area contributed by atoms with Gasteiger partial charge >= 0.3 is 24.1 Å². The molecule has 1 aliphatic heterocycles. The molecule has 4 rings (SSSR count). The highest BCUT2D eigenvalue weighted by Gasteiger charge is 2.45. The van der Waals surface area contributed by atoms with Crippen LogP contribution in [0.3, 0.4) is 0 Å². The molecule has 1 aliphatic rings. The van der Waals surface area contributed by atoms with Gasteiger partial charge in [0.25, 0.3) is 0 Å². The van der Waals surface area contributed by atoms with E-state index < -0.39 is 53.8 Å². The van der Waals surface area contributed by atoms with Crippen LogP contribution >= 0.6 is 11.6 Å². The minimum Gasteiger partial charge on any atom is -0.459 e. The Hall–Kier alpha value is -4.56. The summed E-state index contributed by atoms with van der Waals surface area (Å²) in [6.07, 6.45) is -4.02. The topological polar surface area (TPSA) is 161 Å². The average Bonchev–Trinajstić information content (AvgIpc) is 3.46. The molecule has 0 radical (unpaired) electrons. The van der Waals surface area contributed by atoms with Crippen LogP contribution in [0.25, 0.3) is 11.0 Å². The molecule has 3 atom stereocenters. The van der Waals surface area contributed by atoms with Crippen molar-refractivity contribution >= 4 is 52.6 Å². The summed E-state index contributed by atoms with van der Waals surface area (Å²) in [4.78, 5) is 60.3. The molecule has 15 heteroatoms. The van der Waals surface area contributed by atoms with Crippen LogP contribution in [0, 0.1) is 0 Å². The average molecular weight is 644 g/mol. The Bertz CT molecular complexity index is 1600. The molecule has 0 saturated carbocycles. The molecule has 0 spiro atoms. The van der Waals surface area contributed by atoms with Crippen molar-refractivity contribution in [1.29, 1.82) is 0 Å². The molecule has 2 aromatic heterocycles. The van der Waals surface area contributed by atoms with Gasteiger partial charge in [0.05, 0.1) is 17.1 Å². The van der Waals surface area contributed by atoms with Crippen molar-refractivity contribution in [3.63, 3.8) is 0 Å². The van der Waals surface area contributed by atoms with Crippen molar-refractivity contribution in [3.8, 4) is 0 Å². The summed E-state index contributed by atoms with van der Waals surface area (Å²) in [5, 5.41) is 4.09. The number of benzene rings is 1. The van der Waals surface area contributed by atoms with Gasteiger partial charge in [0.2, 0.25) is 5.28 Å². The van der Waals surface area contributed by atoms with Gasteiger partial charge in [0, 0.05) is 6.92 Å². The first kappa shape index (κ1) is 33.3. The summed E-state index contributed by atoms with van der Waals surface area (Å²) >= 11 is 6.30. The van der Waals surface area contributed by atoms with Gasteiger partial charge in [-0.3, -0.25) is 4.79 Å². The second-order valence-electron chi connectivity index (χ2n) is 12.0. The number of carbonyl (C=O) groups excluding carboxylic acids is 4. The number of hydrogen-bond acceptors (Lipinski definition) is 12. The maximum absolute atomic E-state index is 13.3. The number of rotatable bonds is 6. The number of aromatic nitrogens is 4. The zero-order chi connectivity index (χ0) is 33.3. The Balaban J connectivity index is 1.73. The number of hydrogen-bond donors (Lipinski definition) is 0. The lowest BCUT2D eigenvalue weighted by atomic mass is 10.1. The number of ether oxygens (including phenoxy) is 5. The minimum absolute atomic E-state index is 0.0130. The van der Waals surface area contributed by atoms with E-state index in [0.29, 0.717) is 16.0 Å². The van der Waals surface area contributed by atoms with Crippen LogP contribution < -0.4 is 4.90 Å². The van der Waals surface area contributed by atoms with E-state index in [0.717, 1.165) is 0 Å². The van der Waals surface area contributed by atoms with Crippen LogP contribution in [0.2, 0.25) is 5.28 Å². The number of anilines is 1. The van der Waals surface area contributed by atoms with Crippen molar-refractivity contribution < 1.29 is 42.9 Å². The second-order valence-corrected chi connectivity index (χ2v) is 12.4. The maximum Gasteiger partial charge on any atom is 0.425 e. The van der Waals surface area contributed by atoms with E-state index in [9.17, 15) is 19.2 Å². The molecular formula is C30H34ClN5O9. The zero-order valence-electron chi connectivity index (χ0n) is 25.9. The number of nitrogens with zero attached hydrogens (tertiary/aromatic N) is 5. The largest absolute Gasteiger partial charge is 0.459 e. The Labute approximate surface area is 264 Å². The van der Waals surface area contributed by atoms with Crippen LogP contribution in [0.4, 0.5) is 15.4 Å². The molecule has 0 unspecified atom stereocenters. The van der Waals surface area contributed by atoms with E-state index in [2.05, 4.69) is 21.6 Å². The van der Waals surface area contributed by atoms with E-state index in [1.54, 1.807) is 71.9 Å². The van der Waals surface area contributed by atoms with Crippen molar-refractivity contribution in [1.82, 2.24) is 19.7 Å². The molecule has 0 bridgehead atoms. The lowest BCUT2D eigenvalue weighted by Crippen LogP contribution is -2.44. The standard InChI is InChI=1S/C30H34ClN5O9/c1-16-20(15-41-25(38)18-12-10-9-11-13-18)43-24(21(16)42-17(2)37)36-23-19(14-32-36)22(33-26(31)34-23)35(27(39)44-29(3,4)5)28(40)45-30(6,7)8/h9-14,20-21,24H,1,15H2,2-8H3/t20-,21-,24-/m1/s1. The van der Waals surface area contributed by atoms with Gasteiger partial charge in [-0.25, -0.2) is 19.1 Å². The summed E-state index contributed by atoms with van der Waals surface area (Å²) in [5.74, 6) is -1.49. The van der Waals surface area contributed by atoms with Crippen LogP contribution in [0.15, 0.2) is 48.7 Å². The molecule has 3 heterocycles. The molecule has 3 aromatic rings. The Morgan fingerprint density at radius 3 is 2.16 bits per heavy atom. The SMILES string of the molecule is C=C1[C@@H](OC(C)=O)[C@H](n2ncc3c(N(C(=O)OC(C)(C)C)C(=O)OC(C)(C)C)nc(Cl)nc32)O[C@@H]1COC(=O)c1ccccc1. The van der Waals surface area contributed by atoms with Crippen LogP contribution in [-0.4, -0.2) is 73.9 Å². The van der Waals surface area contributed by atoms with Crippen LogP contribution in [-0.2, 0) is 28.5 Å². The van der Waals surface area contributed by atoms with Gasteiger partial charge < -0.3 is 23.7 Å². The van der Waals surface area contributed by atoms with Crippen molar-refractivity contribution in [2.24, 2.45) is 0 Å². The molecule has 0 aliphatic carbocycles. The van der Waals surface area contributed by atoms with Crippen LogP contribution in [0.5, 0.6) is 0 Å². The highest BCUT2D eigenvalue weighted by atomic mass is 35.5. The van der Waals surface area contributed by atoms with Gasteiger partial charge in [0.1, 0.15) is 23.9 Å². The molecule has 0 N–H and O–H groups in total. The molecule has 45 heavy (non-hydrogen) atoms. The van der Waals surface area contributed by atoms with E-state index >= 15 is 0 Å². The molecule has 2 amide bonds. The summed E-state index contributed by atoms with van der Waals surface area (Å²) in [7, 11) is 0. The number of imide groups is 1. The lowest BCUT2D eigenvalue weighted by molar-refractivity contribution is -0.151. The highest BCUT2D eigenvalue weighted by molar-refractivity contribution is 6.29. The maximum atomic E-state index is 13.3. The third kappa shape index (κ3) is 7.94. The summed E-state index contributed by atoms with van der Waals surface area (Å²) in [6.45, 7) is 14.8. The van der Waals surface area contributed by atoms with Crippen molar-refractivity contribution in [2.45, 2.75) is 78.1 Å². The number of halogens is 1. The van der Waals surface area contributed by atoms with E-state index in [4.69, 9.17) is 35.3 Å². The number of esters is 2. The summed E-state index contributed by atoms with van der Waals surface area (Å²) < 4.78 is 29.3. The lowest BCUT2D eigenvalue weighted by Gasteiger charge is -2.28. The molecule has 240 valence electrons. The number of carbonyl (C=O) groups is 4. The van der Waals surface area contributed by atoms with E-state index in [-0.39, 0.29) is 28.7 Å². The van der Waals surface area contributed by atoms with Gasteiger partial charge in [0.15, 0.2) is 23.8 Å². The molecular weight excluding hydrogens is 610 g/mol. The van der Waals surface area contributed by atoms with Gasteiger partial charge in [-0.15, -0.1) is 0 Å². The second kappa shape index (κ2) is 12.8. The van der Waals surface area contributed by atoms with E-state index in [1.807, 2.05) is 0 Å². The van der Waals surface area contributed by atoms with Gasteiger partial charge in [-0.2, -0.15) is 20.0 Å². The Morgan fingerprint density at radius 2 is 1.60 bits per heavy atom. The number of fused-ring (bicyclic) bond motifs is 1. The minimum atomic E-state index is -1.16. The van der Waals surface area contributed by atoms with Crippen molar-refractivity contribution in [3.05, 3.63) is 59.5 Å². The fourth-order valence-corrected chi connectivity index (χ4v) is 4.41. The normalized spacial score (nSPS) is 18.4. The molecule has 1 saturated heterocycles. The number of amides is 2. The molecule has 14 nitrogen and oxygen atoms in total. The third-order valence-electron chi connectivity index (χ3n) is 6.02. The first-order valence-corrected chi connectivity index (χ1v) is 14.2.